The van der Waals surface area contributed by atoms with Crippen molar-refractivity contribution >= 4 is 46.8 Å². The standard InChI is InChI=1S/C40H63N7O7S/c1-10-25(4)34(44-36(49)31-13-11-12-20-46(31)8)38(50)47(9)32(24(2)3)22-33(54-40(53)45(6)7)37-43-30(23-55-37)35(48)42-29(21-26(5)39(51)52)19-16-27-14-17-28(41)18-15-27/h14-15,17-18,23-26,29,31-34H,10-13,16,19-22,41H2,1-9H3,(H,42,48)(H,44,49)(H,51,52)/t25-,26-,29-,31+,32+,33+,34-/m0/s1. The van der Waals surface area contributed by atoms with Crippen LogP contribution in [0.25, 0.3) is 0 Å². The van der Waals surface area contributed by atoms with Crippen molar-refractivity contribution < 1.29 is 33.8 Å². The Morgan fingerprint density at radius 3 is 2.29 bits per heavy atom. The molecule has 1 aromatic carbocycles. The number of benzene rings is 1. The lowest BCUT2D eigenvalue weighted by molar-refractivity contribution is -0.141. The van der Waals surface area contributed by atoms with Gasteiger partial charge in [0.05, 0.1) is 12.0 Å². The second-order valence-electron chi connectivity index (χ2n) is 15.6. The number of piperidine rings is 1. The summed E-state index contributed by atoms with van der Waals surface area (Å²) >= 11 is 1.17. The summed E-state index contributed by atoms with van der Waals surface area (Å²) in [4.78, 5) is 75.7. The predicted octanol–water partition coefficient (Wildman–Crippen LogP) is 5.19. The molecule has 15 heteroatoms. The van der Waals surface area contributed by atoms with Crippen molar-refractivity contribution in [1.29, 1.82) is 0 Å². The zero-order valence-electron chi connectivity index (χ0n) is 34.0. The number of thiazole rings is 1. The smallest absolute Gasteiger partial charge is 0.409 e. The number of rotatable bonds is 19. The zero-order valence-corrected chi connectivity index (χ0v) is 34.9. The Bertz CT molecular complexity index is 1580. The Kier molecular flexibility index (Phi) is 17.4. The van der Waals surface area contributed by atoms with Gasteiger partial charge in [-0.15, -0.1) is 11.3 Å². The van der Waals surface area contributed by atoms with Crippen LogP contribution in [-0.4, -0.2) is 113 Å². The van der Waals surface area contributed by atoms with E-state index >= 15 is 0 Å². The van der Waals surface area contributed by atoms with Gasteiger partial charge in [0.25, 0.3) is 5.91 Å². The highest BCUT2D eigenvalue weighted by Crippen LogP contribution is 2.31. The van der Waals surface area contributed by atoms with Crippen LogP contribution in [-0.2, 0) is 25.5 Å². The van der Waals surface area contributed by atoms with Gasteiger partial charge in [-0.2, -0.15) is 0 Å². The maximum absolute atomic E-state index is 14.3. The fourth-order valence-electron chi connectivity index (χ4n) is 6.85. The first-order chi connectivity index (χ1) is 25.9. The molecule has 7 atom stereocenters. The van der Waals surface area contributed by atoms with E-state index in [2.05, 4.69) is 15.6 Å². The number of carboxylic acids is 1. The minimum Gasteiger partial charge on any atom is -0.481 e. The number of nitrogens with two attached hydrogens (primary N) is 1. The molecule has 0 spiro atoms. The maximum atomic E-state index is 14.3. The molecule has 0 saturated carbocycles. The normalized spacial score (nSPS) is 18.0. The van der Waals surface area contributed by atoms with Gasteiger partial charge in [0.2, 0.25) is 11.8 Å². The van der Waals surface area contributed by atoms with Gasteiger partial charge in [-0.1, -0.05) is 59.6 Å². The van der Waals surface area contributed by atoms with E-state index in [0.29, 0.717) is 30.0 Å². The molecule has 2 heterocycles. The summed E-state index contributed by atoms with van der Waals surface area (Å²) in [6.45, 7) is 10.4. The fourth-order valence-corrected chi connectivity index (χ4v) is 7.69. The van der Waals surface area contributed by atoms with Crippen LogP contribution >= 0.6 is 11.3 Å². The zero-order chi connectivity index (χ0) is 41.0. The molecule has 2 aromatic rings. The lowest BCUT2D eigenvalue weighted by atomic mass is 9.92. The van der Waals surface area contributed by atoms with Crippen LogP contribution in [0.1, 0.15) is 107 Å². The third kappa shape index (κ3) is 13.2. The lowest BCUT2D eigenvalue weighted by Crippen LogP contribution is -2.58. The van der Waals surface area contributed by atoms with E-state index in [4.69, 9.17) is 10.5 Å². The van der Waals surface area contributed by atoms with Gasteiger partial charge in [0.1, 0.15) is 16.7 Å². The van der Waals surface area contributed by atoms with Crippen molar-refractivity contribution in [3.63, 3.8) is 0 Å². The molecule has 0 bridgehead atoms. The number of hydrogen-bond acceptors (Lipinski definition) is 10. The molecular formula is C40H63N7O7S. The van der Waals surface area contributed by atoms with Crippen molar-refractivity contribution in [2.75, 3.05) is 40.5 Å². The van der Waals surface area contributed by atoms with Crippen LogP contribution in [0.2, 0.25) is 0 Å². The minimum atomic E-state index is -0.953. The summed E-state index contributed by atoms with van der Waals surface area (Å²) in [7, 11) is 6.80. The van der Waals surface area contributed by atoms with Gasteiger partial charge in [0, 0.05) is 50.7 Å². The first-order valence-corrected chi connectivity index (χ1v) is 20.3. The second kappa shape index (κ2) is 21.2. The number of carboxylic acid groups (broad SMARTS) is 1. The molecule has 1 aliphatic heterocycles. The van der Waals surface area contributed by atoms with Crippen molar-refractivity contribution in [1.82, 2.24) is 30.3 Å². The number of amides is 4. The number of aliphatic carboxylic acids is 1. The number of likely N-dealkylation sites (N-methyl/N-ethyl adjacent to an activating group) is 2. The number of nitrogens with zero attached hydrogens (tertiary/aromatic N) is 4. The molecule has 0 unspecified atom stereocenters. The average Bonchev–Trinajstić information content (AvgIpc) is 3.64. The van der Waals surface area contributed by atoms with Gasteiger partial charge in [-0.25, -0.2) is 9.78 Å². The van der Waals surface area contributed by atoms with Crippen LogP contribution in [0.3, 0.4) is 0 Å². The Labute approximate surface area is 330 Å². The van der Waals surface area contributed by atoms with Gasteiger partial charge in [0.15, 0.2) is 6.10 Å². The molecule has 3 rings (SSSR count). The molecule has 306 valence electrons. The second-order valence-corrected chi connectivity index (χ2v) is 16.5. The fraction of sp³-hybridized carbons (Fsp3) is 0.650. The molecular weight excluding hydrogens is 723 g/mol. The molecule has 4 amide bonds. The Morgan fingerprint density at radius 1 is 1.04 bits per heavy atom. The summed E-state index contributed by atoms with van der Waals surface area (Å²) in [5.41, 5.74) is 7.59. The molecule has 1 saturated heterocycles. The Balaban J connectivity index is 1.84. The average molecular weight is 786 g/mol. The highest BCUT2D eigenvalue weighted by molar-refractivity contribution is 7.09. The van der Waals surface area contributed by atoms with E-state index in [9.17, 15) is 29.1 Å². The number of carbonyl (C=O) groups is 5. The topological polar surface area (TPSA) is 188 Å². The van der Waals surface area contributed by atoms with Crippen LogP contribution in [0.4, 0.5) is 10.5 Å². The van der Waals surface area contributed by atoms with Gasteiger partial charge in [-0.3, -0.25) is 24.1 Å². The number of aryl methyl sites for hydroxylation is 1. The number of aromatic nitrogens is 1. The van der Waals surface area contributed by atoms with E-state index < -0.39 is 48.1 Å². The van der Waals surface area contributed by atoms with Crippen LogP contribution in [0.15, 0.2) is 29.6 Å². The Morgan fingerprint density at radius 2 is 1.71 bits per heavy atom. The van der Waals surface area contributed by atoms with Crippen molar-refractivity contribution in [3.8, 4) is 0 Å². The van der Waals surface area contributed by atoms with E-state index in [1.54, 1.807) is 50.5 Å². The molecule has 1 aromatic heterocycles. The molecule has 5 N–H and O–H groups in total. The predicted molar refractivity (Wildman–Crippen MR) is 215 cm³/mol. The molecule has 1 fully saturated rings. The summed E-state index contributed by atoms with van der Waals surface area (Å²) < 4.78 is 5.96. The first-order valence-electron chi connectivity index (χ1n) is 19.4. The van der Waals surface area contributed by atoms with Gasteiger partial charge >= 0.3 is 12.1 Å². The number of nitrogen functional groups attached to an aromatic ring is 1. The maximum Gasteiger partial charge on any atom is 0.409 e. The minimum absolute atomic E-state index is 0.0759. The summed E-state index contributed by atoms with van der Waals surface area (Å²) in [5.74, 6) is -2.68. The first kappa shape index (κ1) is 45.2. The molecule has 14 nitrogen and oxygen atoms in total. The van der Waals surface area contributed by atoms with Crippen molar-refractivity contribution in [2.24, 2.45) is 17.8 Å². The van der Waals surface area contributed by atoms with E-state index in [-0.39, 0.29) is 48.2 Å². The number of likely N-dealkylation sites (tertiary alicyclic amines) is 1. The summed E-state index contributed by atoms with van der Waals surface area (Å²) in [6, 6.07) is 5.51. The van der Waals surface area contributed by atoms with E-state index in [1.165, 1.54) is 16.2 Å². The third-order valence-electron chi connectivity index (χ3n) is 10.7. The van der Waals surface area contributed by atoms with E-state index in [1.807, 2.05) is 51.8 Å². The number of ether oxygens (including phenoxy) is 1. The van der Waals surface area contributed by atoms with Crippen LogP contribution < -0.4 is 16.4 Å². The van der Waals surface area contributed by atoms with Gasteiger partial charge < -0.3 is 36.0 Å². The van der Waals surface area contributed by atoms with Gasteiger partial charge in [-0.05, 0) is 75.2 Å². The quantitative estimate of drug-likeness (QED) is 0.138. The summed E-state index contributed by atoms with van der Waals surface area (Å²) in [6.07, 6.45) is 3.44. The van der Waals surface area contributed by atoms with Crippen LogP contribution in [0, 0.1) is 17.8 Å². The Hall–Kier alpha value is -4.24. The van der Waals surface area contributed by atoms with Crippen molar-refractivity contribution in [2.45, 2.75) is 116 Å². The summed E-state index contributed by atoms with van der Waals surface area (Å²) in [5, 5.41) is 17.7. The number of nitrogens with one attached hydrogen (secondary N) is 2. The number of hydrogen-bond donors (Lipinski definition) is 4. The molecule has 1 aliphatic rings. The third-order valence-corrected chi connectivity index (χ3v) is 11.7. The number of anilines is 1. The van der Waals surface area contributed by atoms with Crippen LogP contribution in [0.5, 0.6) is 0 Å². The molecule has 55 heavy (non-hydrogen) atoms. The lowest BCUT2D eigenvalue weighted by Gasteiger charge is -2.38. The number of carbonyl (C=O) groups excluding carboxylic acids is 4. The largest absolute Gasteiger partial charge is 0.481 e. The molecule has 0 radical (unpaired) electrons. The monoisotopic (exact) mass is 785 g/mol. The SMILES string of the molecule is CC[C@H](C)[C@H](NC(=O)[C@H]1CCCCN1C)C(=O)N(C)[C@H](C[C@@H](OC(=O)N(C)C)c1nc(C(=O)N[C@@H](CCc2ccc(N)cc2)C[C@H](C)C(=O)O)cs1)C(C)C. The highest BCUT2D eigenvalue weighted by Gasteiger charge is 2.37. The van der Waals surface area contributed by atoms with Crippen molar-refractivity contribution in [3.05, 3.63) is 45.9 Å². The van der Waals surface area contributed by atoms with E-state index in [0.717, 1.165) is 31.4 Å². The molecule has 0 aliphatic carbocycles. The highest BCUT2D eigenvalue weighted by atomic mass is 32.1.